The molecule has 4 aromatic carbocycles. The topological polar surface area (TPSA) is 28.7 Å². The molecule has 0 aliphatic heterocycles. The van der Waals surface area contributed by atoms with E-state index in [2.05, 4.69) is 104 Å². The summed E-state index contributed by atoms with van der Waals surface area (Å²) in [5.41, 5.74) is 4.45. The van der Waals surface area contributed by atoms with Crippen LogP contribution in [0.5, 0.6) is 0 Å². The molecule has 126 valence electrons. The average molecular weight is 466 g/mol. The van der Waals surface area contributed by atoms with E-state index >= 15 is 0 Å². The maximum absolute atomic E-state index is 4.99. The number of halogens is 2. The van der Waals surface area contributed by atoms with Gasteiger partial charge in [-0.1, -0.05) is 68.3 Å². The Bertz CT molecular complexity index is 1240. The second kappa shape index (κ2) is 5.93. The normalized spacial score (nSPS) is 11.7. The number of fused-ring (bicyclic) bond motifs is 6. The van der Waals surface area contributed by atoms with E-state index in [1.807, 2.05) is 0 Å². The highest BCUT2D eigenvalue weighted by atomic mass is 79.9. The summed E-state index contributed by atoms with van der Waals surface area (Å²) >= 11 is 7.23. The van der Waals surface area contributed by atoms with Crippen molar-refractivity contribution in [2.45, 2.75) is 6.92 Å². The lowest BCUT2D eigenvalue weighted by Gasteiger charge is -2.07. The first-order chi connectivity index (χ1) is 12.6. The summed E-state index contributed by atoms with van der Waals surface area (Å²) < 4.78 is 2.14. The molecule has 5 aromatic rings. The molecule has 0 amide bonds. The Morgan fingerprint density at radius 2 is 1.42 bits per heavy atom. The molecule has 0 bridgehead atoms. The first-order valence-corrected chi connectivity index (χ1v) is 9.96. The van der Waals surface area contributed by atoms with Gasteiger partial charge in [0.25, 0.3) is 0 Å². The van der Waals surface area contributed by atoms with E-state index in [0.29, 0.717) is 0 Å². The Morgan fingerprint density at radius 3 is 2.15 bits per heavy atom. The van der Waals surface area contributed by atoms with E-state index in [4.69, 9.17) is 4.98 Å². The Morgan fingerprint density at radius 1 is 0.769 bits per heavy atom. The van der Waals surface area contributed by atoms with Gasteiger partial charge in [0, 0.05) is 25.3 Å². The molecule has 4 heteroatoms. The predicted molar refractivity (Wildman–Crippen MR) is 117 cm³/mol. The number of rotatable bonds is 1. The fourth-order valence-electron chi connectivity index (χ4n) is 3.63. The van der Waals surface area contributed by atoms with Crippen molar-refractivity contribution in [3.8, 4) is 11.4 Å². The van der Waals surface area contributed by atoms with Gasteiger partial charge in [-0.2, -0.15) is 0 Å². The summed E-state index contributed by atoms with van der Waals surface area (Å²) in [4.78, 5) is 8.58. The number of hydrogen-bond acceptors (Lipinski definition) is 1. The second-order valence-electron chi connectivity index (χ2n) is 6.50. The molecular weight excluding hydrogens is 452 g/mol. The number of aryl methyl sites for hydroxylation is 1. The maximum atomic E-state index is 4.99. The first-order valence-electron chi connectivity index (χ1n) is 8.38. The van der Waals surface area contributed by atoms with Crippen molar-refractivity contribution in [2.75, 3.05) is 0 Å². The van der Waals surface area contributed by atoms with E-state index < -0.39 is 0 Å². The fraction of sp³-hybridized carbons (Fsp3) is 0.0455. The molecule has 5 rings (SSSR count). The average Bonchev–Trinajstić information content (AvgIpc) is 3.07. The van der Waals surface area contributed by atoms with Crippen LogP contribution in [0.15, 0.2) is 69.6 Å². The van der Waals surface area contributed by atoms with Gasteiger partial charge in [-0.05, 0) is 47.5 Å². The number of nitrogens with one attached hydrogen (secondary N) is 1. The van der Waals surface area contributed by atoms with Gasteiger partial charge in [0.15, 0.2) is 0 Å². The third-order valence-corrected chi connectivity index (χ3v) is 5.87. The minimum atomic E-state index is 0.915. The fourth-order valence-corrected chi connectivity index (χ4v) is 4.35. The van der Waals surface area contributed by atoms with Gasteiger partial charge < -0.3 is 4.98 Å². The van der Waals surface area contributed by atoms with Crippen LogP contribution in [0.1, 0.15) is 5.56 Å². The molecule has 0 unspecified atom stereocenters. The van der Waals surface area contributed by atoms with Crippen LogP contribution in [0.3, 0.4) is 0 Å². The van der Waals surface area contributed by atoms with Gasteiger partial charge in [0.1, 0.15) is 5.82 Å². The van der Waals surface area contributed by atoms with E-state index in [-0.39, 0.29) is 0 Å². The zero-order valence-electron chi connectivity index (χ0n) is 14.0. The lowest BCUT2D eigenvalue weighted by molar-refractivity contribution is 1.31. The molecule has 1 aromatic heterocycles. The lowest BCUT2D eigenvalue weighted by Crippen LogP contribution is -1.84. The molecule has 0 aliphatic rings. The third-order valence-electron chi connectivity index (χ3n) is 4.88. The van der Waals surface area contributed by atoms with Crippen molar-refractivity contribution in [3.63, 3.8) is 0 Å². The summed E-state index contributed by atoms with van der Waals surface area (Å²) in [5.74, 6) is 0.915. The molecule has 1 N–H and O–H groups in total. The van der Waals surface area contributed by atoms with Gasteiger partial charge in [-0.3, -0.25) is 0 Å². The molecule has 0 saturated carbocycles. The zero-order chi connectivity index (χ0) is 17.8. The summed E-state index contributed by atoms with van der Waals surface area (Å²) in [5, 5.41) is 4.75. The van der Waals surface area contributed by atoms with E-state index in [1.165, 1.54) is 21.7 Å². The number of aromatic amines is 1. The summed E-state index contributed by atoms with van der Waals surface area (Å²) in [6.45, 7) is 2.12. The number of hydrogen-bond donors (Lipinski definition) is 1. The molecule has 0 radical (unpaired) electrons. The maximum Gasteiger partial charge on any atom is 0.138 e. The van der Waals surface area contributed by atoms with E-state index in [9.17, 15) is 0 Å². The number of nitrogens with zero attached hydrogens (tertiary/aromatic N) is 1. The number of H-pyrrole nitrogens is 1. The minimum absolute atomic E-state index is 0.915. The molecule has 2 nitrogen and oxygen atoms in total. The monoisotopic (exact) mass is 464 g/mol. The highest BCUT2D eigenvalue weighted by molar-refractivity contribution is 9.10. The van der Waals surface area contributed by atoms with Gasteiger partial charge in [-0.25, -0.2) is 4.98 Å². The van der Waals surface area contributed by atoms with Crippen LogP contribution < -0.4 is 0 Å². The number of aromatic nitrogens is 2. The van der Waals surface area contributed by atoms with Crippen LogP contribution in [0.25, 0.3) is 44.0 Å². The minimum Gasteiger partial charge on any atom is -0.337 e. The predicted octanol–water partition coefficient (Wildman–Crippen LogP) is 7.37. The van der Waals surface area contributed by atoms with Crippen LogP contribution in [0, 0.1) is 6.92 Å². The Hall–Kier alpha value is -2.17. The third kappa shape index (κ3) is 2.40. The van der Waals surface area contributed by atoms with Crippen LogP contribution in [0.4, 0.5) is 0 Å². The highest BCUT2D eigenvalue weighted by Gasteiger charge is 2.15. The first kappa shape index (κ1) is 16.0. The molecule has 0 spiro atoms. The highest BCUT2D eigenvalue weighted by Crippen LogP contribution is 2.37. The standard InChI is InChI=1S/C22H14Br2N2/c1-12-4-2-3-5-15(12)22-25-20-16-8-6-13(23)10-18(16)19-11-14(24)7-9-17(19)21(20)26-22/h2-11H,1H3,(H,25,26). The largest absolute Gasteiger partial charge is 0.337 e. The second-order valence-corrected chi connectivity index (χ2v) is 8.34. The number of imidazole rings is 1. The van der Waals surface area contributed by atoms with Crippen LogP contribution in [0.2, 0.25) is 0 Å². The van der Waals surface area contributed by atoms with Gasteiger partial charge in [-0.15, -0.1) is 0 Å². The van der Waals surface area contributed by atoms with Crippen molar-refractivity contribution < 1.29 is 0 Å². The zero-order valence-corrected chi connectivity index (χ0v) is 17.1. The summed E-state index contributed by atoms with van der Waals surface area (Å²) in [6.07, 6.45) is 0. The van der Waals surface area contributed by atoms with E-state index in [1.54, 1.807) is 0 Å². The summed E-state index contributed by atoms with van der Waals surface area (Å²) in [7, 11) is 0. The SMILES string of the molecule is Cc1ccccc1-c1nc2c3ccc(Br)cc3c3cc(Br)ccc3c2[nH]1. The van der Waals surface area contributed by atoms with Crippen LogP contribution >= 0.6 is 31.9 Å². The summed E-state index contributed by atoms with van der Waals surface area (Å²) in [6, 6.07) is 21.2. The van der Waals surface area contributed by atoms with Gasteiger partial charge in [0.2, 0.25) is 0 Å². The lowest BCUT2D eigenvalue weighted by atomic mass is 10.0. The van der Waals surface area contributed by atoms with Crippen molar-refractivity contribution in [1.82, 2.24) is 9.97 Å². The molecular formula is C22H14Br2N2. The Balaban J connectivity index is 1.98. The Kier molecular flexibility index (Phi) is 3.66. The van der Waals surface area contributed by atoms with Gasteiger partial charge in [0.05, 0.1) is 11.0 Å². The van der Waals surface area contributed by atoms with Crippen molar-refractivity contribution in [2.24, 2.45) is 0 Å². The molecule has 1 heterocycles. The quantitative estimate of drug-likeness (QED) is 0.257. The number of benzene rings is 4. The van der Waals surface area contributed by atoms with Crippen molar-refractivity contribution in [1.29, 1.82) is 0 Å². The molecule has 0 saturated heterocycles. The molecule has 0 aliphatic carbocycles. The van der Waals surface area contributed by atoms with Gasteiger partial charge >= 0.3 is 0 Å². The molecule has 0 fully saturated rings. The smallest absolute Gasteiger partial charge is 0.138 e. The van der Waals surface area contributed by atoms with Crippen molar-refractivity contribution >= 4 is 64.4 Å². The van der Waals surface area contributed by atoms with Crippen molar-refractivity contribution in [3.05, 3.63) is 75.2 Å². The van der Waals surface area contributed by atoms with E-state index in [0.717, 1.165) is 36.8 Å². The molecule has 26 heavy (non-hydrogen) atoms. The van der Waals surface area contributed by atoms with Crippen LogP contribution in [-0.2, 0) is 0 Å². The van der Waals surface area contributed by atoms with Crippen LogP contribution in [-0.4, -0.2) is 9.97 Å². The molecule has 0 atom stereocenters. The Labute approximate surface area is 167 Å².